The normalized spacial score (nSPS) is 22.5. The molecule has 0 bridgehead atoms. The lowest BCUT2D eigenvalue weighted by Gasteiger charge is -2.19. The van der Waals surface area contributed by atoms with E-state index in [0.717, 1.165) is 43.6 Å². The molecule has 0 amide bonds. The Morgan fingerprint density at radius 3 is 2.71 bits per heavy atom. The van der Waals surface area contributed by atoms with Crippen LogP contribution in [0.4, 0.5) is 11.6 Å². The van der Waals surface area contributed by atoms with E-state index in [0.29, 0.717) is 6.04 Å². The van der Waals surface area contributed by atoms with Gasteiger partial charge in [-0.2, -0.15) is 0 Å². The molecule has 1 saturated heterocycles. The maximum Gasteiger partial charge on any atom is 0.134 e. The summed E-state index contributed by atoms with van der Waals surface area (Å²) in [5, 5.41) is 7.03. The maximum atomic E-state index is 4.51. The van der Waals surface area contributed by atoms with Gasteiger partial charge < -0.3 is 10.6 Å². The molecule has 5 heteroatoms. The Bertz CT molecular complexity index is 472. The van der Waals surface area contributed by atoms with Crippen LogP contribution in [0.15, 0.2) is 6.33 Å². The van der Waals surface area contributed by atoms with Crippen molar-refractivity contribution in [2.45, 2.75) is 58.0 Å². The van der Waals surface area contributed by atoms with Crippen molar-refractivity contribution in [2.24, 2.45) is 0 Å². The molecule has 1 saturated carbocycles. The Labute approximate surface area is 127 Å². The monoisotopic (exact) mass is 289 g/mol. The summed E-state index contributed by atoms with van der Waals surface area (Å²) in [6, 6.07) is 1.40. The van der Waals surface area contributed by atoms with Gasteiger partial charge in [-0.25, -0.2) is 9.97 Å². The fourth-order valence-electron chi connectivity index (χ4n) is 3.21. The quantitative estimate of drug-likeness (QED) is 0.808. The maximum absolute atomic E-state index is 4.51. The lowest BCUT2D eigenvalue weighted by molar-refractivity contribution is 0.326. The van der Waals surface area contributed by atoms with E-state index in [9.17, 15) is 0 Å². The van der Waals surface area contributed by atoms with Gasteiger partial charge in [0.2, 0.25) is 0 Å². The van der Waals surface area contributed by atoms with Crippen molar-refractivity contribution >= 4 is 11.6 Å². The van der Waals surface area contributed by atoms with Gasteiger partial charge in [-0.3, -0.25) is 4.90 Å². The molecular weight excluding hydrogens is 262 g/mol. The first kappa shape index (κ1) is 14.6. The molecule has 1 unspecified atom stereocenters. The molecule has 1 aromatic heterocycles. The molecule has 0 aromatic carbocycles. The lowest BCUT2D eigenvalue weighted by Crippen LogP contribution is -2.28. The molecule has 21 heavy (non-hydrogen) atoms. The molecule has 1 atom stereocenters. The standard InChI is InChI=1S/C16H27N5/c1-3-5-14-15(17-4-2)18-11-19-16(14)20-12-8-9-21(10-12)13-6-7-13/h11-13H,3-10H2,1-2H3,(H2,17,18,19,20). The van der Waals surface area contributed by atoms with E-state index < -0.39 is 0 Å². The fourth-order valence-corrected chi connectivity index (χ4v) is 3.21. The third-order valence-corrected chi connectivity index (χ3v) is 4.41. The summed E-state index contributed by atoms with van der Waals surface area (Å²) in [5.74, 6) is 2.03. The van der Waals surface area contributed by atoms with Crippen molar-refractivity contribution in [3.05, 3.63) is 11.9 Å². The van der Waals surface area contributed by atoms with Crippen LogP contribution in [-0.2, 0) is 6.42 Å². The van der Waals surface area contributed by atoms with Crippen molar-refractivity contribution in [3.8, 4) is 0 Å². The molecule has 5 nitrogen and oxygen atoms in total. The van der Waals surface area contributed by atoms with Gasteiger partial charge >= 0.3 is 0 Å². The highest BCUT2D eigenvalue weighted by Gasteiger charge is 2.34. The fraction of sp³-hybridized carbons (Fsp3) is 0.750. The number of hydrogen-bond acceptors (Lipinski definition) is 5. The SMILES string of the molecule is CCCc1c(NCC)ncnc1NC1CCN(C2CC2)C1. The van der Waals surface area contributed by atoms with Gasteiger partial charge in [-0.1, -0.05) is 13.3 Å². The summed E-state index contributed by atoms with van der Waals surface area (Å²) < 4.78 is 0. The Hall–Kier alpha value is -1.36. The zero-order valence-electron chi connectivity index (χ0n) is 13.2. The van der Waals surface area contributed by atoms with E-state index >= 15 is 0 Å². The number of nitrogens with one attached hydrogen (secondary N) is 2. The molecule has 1 aliphatic heterocycles. The number of rotatable bonds is 7. The van der Waals surface area contributed by atoms with Crippen LogP contribution in [0.1, 0.15) is 45.1 Å². The first-order valence-corrected chi connectivity index (χ1v) is 8.40. The minimum atomic E-state index is 0.533. The molecule has 0 spiro atoms. The summed E-state index contributed by atoms with van der Waals surface area (Å²) in [6.07, 6.45) is 7.82. The van der Waals surface area contributed by atoms with E-state index in [4.69, 9.17) is 0 Å². The average Bonchev–Trinajstić information content (AvgIpc) is 3.23. The van der Waals surface area contributed by atoms with E-state index in [1.54, 1.807) is 6.33 Å². The molecule has 3 rings (SSSR count). The topological polar surface area (TPSA) is 53.1 Å². The average molecular weight is 289 g/mol. The van der Waals surface area contributed by atoms with E-state index in [-0.39, 0.29) is 0 Å². The third-order valence-electron chi connectivity index (χ3n) is 4.41. The van der Waals surface area contributed by atoms with Gasteiger partial charge in [0.15, 0.2) is 0 Å². The van der Waals surface area contributed by atoms with Gasteiger partial charge in [0.05, 0.1) is 0 Å². The van der Waals surface area contributed by atoms with Crippen LogP contribution in [0.25, 0.3) is 0 Å². The highest BCUT2D eigenvalue weighted by Crippen LogP contribution is 2.31. The number of likely N-dealkylation sites (tertiary alicyclic amines) is 1. The Morgan fingerprint density at radius 1 is 1.19 bits per heavy atom. The van der Waals surface area contributed by atoms with Gasteiger partial charge in [0.25, 0.3) is 0 Å². The van der Waals surface area contributed by atoms with Crippen LogP contribution in [0.5, 0.6) is 0 Å². The second-order valence-corrected chi connectivity index (χ2v) is 6.19. The molecular formula is C16H27N5. The molecule has 2 N–H and O–H groups in total. The molecule has 116 valence electrons. The van der Waals surface area contributed by atoms with Crippen molar-refractivity contribution in [3.63, 3.8) is 0 Å². The van der Waals surface area contributed by atoms with Crippen LogP contribution in [0, 0.1) is 0 Å². The number of anilines is 2. The first-order chi connectivity index (χ1) is 10.3. The second-order valence-electron chi connectivity index (χ2n) is 6.19. The second kappa shape index (κ2) is 6.60. The highest BCUT2D eigenvalue weighted by atomic mass is 15.2. The van der Waals surface area contributed by atoms with Gasteiger partial charge in [0, 0.05) is 37.3 Å². The zero-order valence-corrected chi connectivity index (χ0v) is 13.2. The number of aromatic nitrogens is 2. The van der Waals surface area contributed by atoms with Crippen molar-refractivity contribution < 1.29 is 0 Å². The van der Waals surface area contributed by atoms with Crippen molar-refractivity contribution in [1.82, 2.24) is 14.9 Å². The highest BCUT2D eigenvalue weighted by molar-refractivity contribution is 5.58. The Kier molecular flexibility index (Phi) is 4.58. The summed E-state index contributed by atoms with van der Waals surface area (Å²) in [7, 11) is 0. The van der Waals surface area contributed by atoms with Crippen LogP contribution in [0.2, 0.25) is 0 Å². The van der Waals surface area contributed by atoms with Crippen molar-refractivity contribution in [2.75, 3.05) is 30.3 Å². The summed E-state index contributed by atoms with van der Waals surface area (Å²) in [5.41, 5.74) is 1.24. The van der Waals surface area contributed by atoms with Crippen LogP contribution in [-0.4, -0.2) is 46.6 Å². The predicted octanol–water partition coefficient (Wildman–Crippen LogP) is 2.51. The van der Waals surface area contributed by atoms with E-state index in [1.165, 1.54) is 31.4 Å². The largest absolute Gasteiger partial charge is 0.370 e. The van der Waals surface area contributed by atoms with Gasteiger partial charge in [-0.15, -0.1) is 0 Å². The van der Waals surface area contributed by atoms with E-state index in [2.05, 4.69) is 39.3 Å². The number of nitrogens with zero attached hydrogens (tertiary/aromatic N) is 3. The lowest BCUT2D eigenvalue weighted by atomic mass is 10.1. The van der Waals surface area contributed by atoms with Crippen molar-refractivity contribution in [1.29, 1.82) is 0 Å². The molecule has 2 heterocycles. The molecule has 2 aliphatic rings. The minimum Gasteiger partial charge on any atom is -0.370 e. The summed E-state index contributed by atoms with van der Waals surface area (Å²) >= 11 is 0. The molecule has 0 radical (unpaired) electrons. The first-order valence-electron chi connectivity index (χ1n) is 8.40. The van der Waals surface area contributed by atoms with Gasteiger partial charge in [0.1, 0.15) is 18.0 Å². The van der Waals surface area contributed by atoms with Crippen LogP contribution in [0.3, 0.4) is 0 Å². The van der Waals surface area contributed by atoms with Crippen LogP contribution >= 0.6 is 0 Å². The Morgan fingerprint density at radius 2 is 2.00 bits per heavy atom. The van der Waals surface area contributed by atoms with Gasteiger partial charge in [-0.05, 0) is 32.6 Å². The molecule has 1 aliphatic carbocycles. The zero-order chi connectivity index (χ0) is 14.7. The molecule has 2 fully saturated rings. The Balaban J connectivity index is 1.70. The summed E-state index contributed by atoms with van der Waals surface area (Å²) in [4.78, 5) is 11.5. The van der Waals surface area contributed by atoms with Crippen LogP contribution < -0.4 is 10.6 Å². The number of hydrogen-bond donors (Lipinski definition) is 2. The van der Waals surface area contributed by atoms with E-state index in [1.807, 2.05) is 0 Å². The smallest absolute Gasteiger partial charge is 0.134 e. The summed E-state index contributed by atoms with van der Waals surface area (Å²) in [6.45, 7) is 7.60. The molecule has 1 aromatic rings. The third kappa shape index (κ3) is 3.46. The minimum absolute atomic E-state index is 0.533. The predicted molar refractivity (Wildman–Crippen MR) is 86.8 cm³/mol.